The minimum atomic E-state index is -0.339. The van der Waals surface area contributed by atoms with Crippen LogP contribution in [0.1, 0.15) is 11.6 Å². The zero-order valence-electron chi connectivity index (χ0n) is 8.22. The molecule has 5 heteroatoms. The lowest BCUT2D eigenvalue weighted by Gasteiger charge is -2.12. The van der Waals surface area contributed by atoms with Crippen LogP contribution >= 0.6 is 0 Å². The highest BCUT2D eigenvalue weighted by atomic mass is 19.1. The fourth-order valence-electron chi connectivity index (χ4n) is 1.40. The maximum absolute atomic E-state index is 13.2. The lowest BCUT2D eigenvalue weighted by atomic mass is 10.1. The van der Waals surface area contributed by atoms with Crippen molar-refractivity contribution >= 4 is 6.34 Å². The van der Waals surface area contributed by atoms with E-state index in [1.807, 2.05) is 0 Å². The van der Waals surface area contributed by atoms with Crippen LogP contribution in [0.5, 0.6) is 5.75 Å². The maximum atomic E-state index is 13.2. The highest BCUT2D eigenvalue weighted by Gasteiger charge is 2.13. The van der Waals surface area contributed by atoms with Crippen LogP contribution < -0.4 is 4.74 Å². The van der Waals surface area contributed by atoms with Gasteiger partial charge in [-0.05, 0) is 17.7 Å². The van der Waals surface area contributed by atoms with Gasteiger partial charge in [0.15, 0.2) is 0 Å². The molecule has 0 fully saturated rings. The first-order chi connectivity index (χ1) is 7.29. The molecular formula is C10H10FN3O. The first-order valence-electron chi connectivity index (χ1n) is 4.52. The Morgan fingerprint density at radius 2 is 2.27 bits per heavy atom. The normalized spacial score (nSPS) is 19.2. The Balaban J connectivity index is 2.31. The monoisotopic (exact) mass is 207 g/mol. The van der Waals surface area contributed by atoms with Crippen molar-refractivity contribution in [2.24, 2.45) is 15.2 Å². The summed E-state index contributed by atoms with van der Waals surface area (Å²) < 4.78 is 18.2. The van der Waals surface area contributed by atoms with E-state index in [1.54, 1.807) is 6.07 Å². The van der Waals surface area contributed by atoms with Gasteiger partial charge in [0.1, 0.15) is 23.9 Å². The van der Waals surface area contributed by atoms with Crippen molar-refractivity contribution < 1.29 is 9.13 Å². The summed E-state index contributed by atoms with van der Waals surface area (Å²) in [5.74, 6) is 0.142. The van der Waals surface area contributed by atoms with Crippen molar-refractivity contribution in [1.29, 1.82) is 0 Å². The summed E-state index contributed by atoms with van der Waals surface area (Å²) in [7, 11) is 1.50. The van der Waals surface area contributed by atoms with Gasteiger partial charge >= 0.3 is 0 Å². The second-order valence-corrected chi connectivity index (χ2v) is 3.15. The molecule has 0 amide bonds. The number of hydrogen-bond donors (Lipinski definition) is 0. The van der Waals surface area contributed by atoms with E-state index < -0.39 is 0 Å². The zero-order chi connectivity index (χ0) is 10.7. The minimum Gasteiger partial charge on any atom is -0.497 e. The number of ether oxygens (including phenoxy) is 1. The van der Waals surface area contributed by atoms with Gasteiger partial charge in [0, 0.05) is 6.07 Å². The molecular weight excluding hydrogens is 197 g/mol. The van der Waals surface area contributed by atoms with Crippen LogP contribution in [0, 0.1) is 5.82 Å². The molecule has 1 atom stereocenters. The van der Waals surface area contributed by atoms with Gasteiger partial charge in [-0.1, -0.05) is 0 Å². The first kappa shape index (κ1) is 9.76. The SMILES string of the molecule is COc1cc(F)cc(C2CN=CN=N2)c1. The van der Waals surface area contributed by atoms with Crippen molar-refractivity contribution in [3.8, 4) is 5.75 Å². The minimum absolute atomic E-state index is 0.209. The molecule has 1 aromatic rings. The van der Waals surface area contributed by atoms with Crippen LogP contribution in [0.15, 0.2) is 33.4 Å². The van der Waals surface area contributed by atoms with Crippen LogP contribution in [-0.4, -0.2) is 20.0 Å². The Morgan fingerprint density at radius 1 is 1.40 bits per heavy atom. The predicted molar refractivity (Wildman–Crippen MR) is 53.9 cm³/mol. The molecule has 0 aromatic heterocycles. The summed E-state index contributed by atoms with van der Waals surface area (Å²) in [6.45, 7) is 0.496. The second kappa shape index (κ2) is 4.16. The largest absolute Gasteiger partial charge is 0.497 e. The average molecular weight is 207 g/mol. The Hall–Kier alpha value is -1.78. The molecule has 1 heterocycles. The molecule has 4 nitrogen and oxygen atoms in total. The number of hydrogen-bond acceptors (Lipinski definition) is 4. The van der Waals surface area contributed by atoms with E-state index in [2.05, 4.69) is 15.2 Å². The topological polar surface area (TPSA) is 46.3 Å². The van der Waals surface area contributed by atoms with Crippen LogP contribution in [-0.2, 0) is 0 Å². The molecule has 0 N–H and O–H groups in total. The number of aliphatic imine (C=N–C) groups is 1. The zero-order valence-corrected chi connectivity index (χ0v) is 8.22. The van der Waals surface area contributed by atoms with Gasteiger partial charge in [-0.15, -0.1) is 5.11 Å². The lowest BCUT2D eigenvalue weighted by molar-refractivity contribution is 0.410. The standard InChI is InChI=1S/C10H10FN3O/c1-15-9-3-7(2-8(11)4-9)10-5-12-6-13-14-10/h2-4,6,10H,5H2,1H3. The fraction of sp³-hybridized carbons (Fsp3) is 0.300. The summed E-state index contributed by atoms with van der Waals surface area (Å²) in [5.41, 5.74) is 0.729. The number of halogens is 1. The molecule has 0 saturated heterocycles. The van der Waals surface area contributed by atoms with Gasteiger partial charge in [0.2, 0.25) is 0 Å². The van der Waals surface area contributed by atoms with Gasteiger partial charge in [-0.2, -0.15) is 5.11 Å². The molecule has 1 unspecified atom stereocenters. The molecule has 0 saturated carbocycles. The van der Waals surface area contributed by atoms with Gasteiger partial charge in [0.05, 0.1) is 13.7 Å². The molecule has 1 aliphatic heterocycles. The molecule has 15 heavy (non-hydrogen) atoms. The third kappa shape index (κ3) is 2.18. The van der Waals surface area contributed by atoms with Crippen molar-refractivity contribution in [3.05, 3.63) is 29.6 Å². The van der Waals surface area contributed by atoms with Gasteiger partial charge < -0.3 is 4.74 Å². The Labute approximate surface area is 86.5 Å². The Bertz CT molecular complexity index is 417. The molecule has 1 aliphatic rings. The van der Waals surface area contributed by atoms with Crippen molar-refractivity contribution in [1.82, 2.24) is 0 Å². The number of rotatable bonds is 2. The van der Waals surface area contributed by atoms with Crippen LogP contribution in [0.3, 0.4) is 0 Å². The van der Waals surface area contributed by atoms with Crippen molar-refractivity contribution in [3.63, 3.8) is 0 Å². The average Bonchev–Trinajstić information content (AvgIpc) is 2.29. The molecule has 0 radical (unpaired) electrons. The second-order valence-electron chi connectivity index (χ2n) is 3.15. The molecule has 0 spiro atoms. The molecule has 2 rings (SSSR count). The van der Waals surface area contributed by atoms with Gasteiger partial charge in [0.25, 0.3) is 0 Å². The van der Waals surface area contributed by atoms with Crippen LogP contribution in [0.25, 0.3) is 0 Å². The summed E-state index contributed by atoms with van der Waals surface area (Å²) in [5, 5.41) is 7.66. The fourth-order valence-corrected chi connectivity index (χ4v) is 1.40. The molecule has 78 valence electrons. The van der Waals surface area contributed by atoms with E-state index in [9.17, 15) is 4.39 Å². The number of benzene rings is 1. The third-order valence-electron chi connectivity index (χ3n) is 2.13. The van der Waals surface area contributed by atoms with E-state index in [0.717, 1.165) is 5.56 Å². The Kier molecular flexibility index (Phi) is 2.71. The van der Waals surface area contributed by atoms with Crippen LogP contribution in [0.2, 0.25) is 0 Å². The van der Waals surface area contributed by atoms with Gasteiger partial charge in [-0.3, -0.25) is 4.99 Å². The van der Waals surface area contributed by atoms with E-state index >= 15 is 0 Å². The summed E-state index contributed by atoms with van der Waals surface area (Å²) >= 11 is 0. The van der Waals surface area contributed by atoms with E-state index in [-0.39, 0.29) is 11.9 Å². The van der Waals surface area contributed by atoms with Gasteiger partial charge in [-0.25, -0.2) is 4.39 Å². The van der Waals surface area contributed by atoms with E-state index in [1.165, 1.54) is 25.6 Å². The number of methoxy groups -OCH3 is 1. The summed E-state index contributed by atoms with van der Waals surface area (Å²) in [6, 6.07) is 4.28. The van der Waals surface area contributed by atoms with Crippen molar-refractivity contribution in [2.45, 2.75) is 6.04 Å². The highest BCUT2D eigenvalue weighted by molar-refractivity contribution is 5.55. The van der Waals surface area contributed by atoms with Crippen LogP contribution in [0.4, 0.5) is 4.39 Å². The Morgan fingerprint density at radius 3 is 2.93 bits per heavy atom. The molecule has 0 bridgehead atoms. The summed E-state index contributed by atoms with van der Waals surface area (Å²) in [4.78, 5) is 3.97. The number of azo groups is 1. The lowest BCUT2D eigenvalue weighted by Crippen LogP contribution is -2.03. The predicted octanol–water partition coefficient (Wildman–Crippen LogP) is 2.37. The van der Waals surface area contributed by atoms with Crippen molar-refractivity contribution in [2.75, 3.05) is 13.7 Å². The maximum Gasteiger partial charge on any atom is 0.132 e. The first-order valence-corrected chi connectivity index (χ1v) is 4.52. The molecule has 1 aromatic carbocycles. The number of nitrogens with zero attached hydrogens (tertiary/aromatic N) is 3. The van der Waals surface area contributed by atoms with E-state index in [4.69, 9.17) is 4.74 Å². The summed E-state index contributed by atoms with van der Waals surface area (Å²) in [6.07, 6.45) is 1.40. The smallest absolute Gasteiger partial charge is 0.132 e. The molecule has 0 aliphatic carbocycles. The highest BCUT2D eigenvalue weighted by Crippen LogP contribution is 2.25. The van der Waals surface area contributed by atoms with E-state index in [0.29, 0.717) is 12.3 Å². The third-order valence-corrected chi connectivity index (χ3v) is 2.13. The quantitative estimate of drug-likeness (QED) is 0.734.